The Labute approximate surface area is 99.9 Å². The normalized spacial score (nSPS) is 21.1. The van der Waals surface area contributed by atoms with Crippen LogP contribution < -0.4 is 11.1 Å². The summed E-state index contributed by atoms with van der Waals surface area (Å²) in [5.74, 6) is 0.590. The van der Waals surface area contributed by atoms with E-state index < -0.39 is 0 Å². The highest BCUT2D eigenvalue weighted by molar-refractivity contribution is 5.78. The lowest BCUT2D eigenvalue weighted by Gasteiger charge is -2.26. The highest BCUT2D eigenvalue weighted by atomic mass is 15.1. The Morgan fingerprint density at radius 1 is 1.31 bits per heavy atom. The first-order chi connectivity index (χ1) is 7.37. The van der Waals surface area contributed by atoms with E-state index >= 15 is 0 Å². The van der Waals surface area contributed by atoms with E-state index in [1.807, 2.05) is 0 Å². The quantitative estimate of drug-likeness (QED) is 0.573. The molecule has 0 spiro atoms. The van der Waals surface area contributed by atoms with Crippen LogP contribution in [0.3, 0.4) is 0 Å². The van der Waals surface area contributed by atoms with Gasteiger partial charge in [-0.2, -0.15) is 0 Å². The van der Waals surface area contributed by atoms with Crippen molar-refractivity contribution >= 4 is 5.96 Å². The van der Waals surface area contributed by atoms with E-state index in [-0.39, 0.29) is 5.54 Å². The third-order valence-electron chi connectivity index (χ3n) is 3.50. The molecule has 1 rings (SSSR count). The lowest BCUT2D eigenvalue weighted by Crippen LogP contribution is -2.45. The molecule has 3 heteroatoms. The summed E-state index contributed by atoms with van der Waals surface area (Å²) in [7, 11) is 0. The molecule has 0 heterocycles. The fourth-order valence-electron chi connectivity index (χ4n) is 2.43. The number of aliphatic imine (C=N–C) groups is 1. The van der Waals surface area contributed by atoms with Gasteiger partial charge in [-0.25, -0.2) is 0 Å². The molecule has 3 N–H and O–H groups in total. The molecule has 1 aliphatic rings. The molecule has 0 aromatic carbocycles. The number of nitrogens with one attached hydrogen (secondary N) is 1. The summed E-state index contributed by atoms with van der Waals surface area (Å²) < 4.78 is 0. The molecule has 0 saturated heterocycles. The van der Waals surface area contributed by atoms with Crippen molar-refractivity contribution in [3.63, 3.8) is 0 Å². The van der Waals surface area contributed by atoms with Crippen molar-refractivity contribution in [2.24, 2.45) is 16.1 Å². The molecule has 0 atom stereocenters. The highest BCUT2D eigenvalue weighted by Crippen LogP contribution is 2.41. The Morgan fingerprint density at radius 2 is 1.88 bits per heavy atom. The highest BCUT2D eigenvalue weighted by Gasteiger charge is 2.31. The van der Waals surface area contributed by atoms with Crippen LogP contribution in [0.5, 0.6) is 0 Å². The fourth-order valence-corrected chi connectivity index (χ4v) is 2.43. The summed E-state index contributed by atoms with van der Waals surface area (Å²) in [5.41, 5.74) is 6.33. The first kappa shape index (κ1) is 13.3. The zero-order valence-electron chi connectivity index (χ0n) is 11.3. The minimum atomic E-state index is 0.00262. The van der Waals surface area contributed by atoms with Crippen molar-refractivity contribution in [2.45, 2.75) is 65.3 Å². The number of guanidine groups is 1. The maximum absolute atomic E-state index is 5.89. The van der Waals surface area contributed by atoms with Gasteiger partial charge in [-0.05, 0) is 45.4 Å². The number of nitrogens with zero attached hydrogens (tertiary/aromatic N) is 1. The summed E-state index contributed by atoms with van der Waals surface area (Å²) in [4.78, 5) is 4.52. The van der Waals surface area contributed by atoms with E-state index in [2.05, 4.69) is 38.0 Å². The van der Waals surface area contributed by atoms with Crippen LogP contribution in [0.1, 0.15) is 59.8 Å². The van der Waals surface area contributed by atoms with Gasteiger partial charge in [0.2, 0.25) is 0 Å². The Bertz CT molecular complexity index is 244. The lowest BCUT2D eigenvalue weighted by atomic mass is 9.84. The van der Waals surface area contributed by atoms with Gasteiger partial charge < -0.3 is 11.1 Å². The topological polar surface area (TPSA) is 50.4 Å². The van der Waals surface area contributed by atoms with Gasteiger partial charge in [-0.1, -0.05) is 19.8 Å². The molecule has 16 heavy (non-hydrogen) atoms. The van der Waals surface area contributed by atoms with Gasteiger partial charge in [0.15, 0.2) is 5.96 Å². The molecule has 1 saturated carbocycles. The van der Waals surface area contributed by atoms with Gasteiger partial charge in [-0.15, -0.1) is 0 Å². The minimum Gasteiger partial charge on any atom is -0.370 e. The second-order valence-corrected chi connectivity index (χ2v) is 6.14. The van der Waals surface area contributed by atoms with Crippen LogP contribution >= 0.6 is 0 Å². The van der Waals surface area contributed by atoms with E-state index in [1.54, 1.807) is 0 Å². The van der Waals surface area contributed by atoms with Crippen LogP contribution in [0.4, 0.5) is 0 Å². The first-order valence-corrected chi connectivity index (χ1v) is 6.45. The molecule has 0 aliphatic heterocycles. The molecule has 1 aliphatic carbocycles. The Morgan fingerprint density at radius 3 is 2.31 bits per heavy atom. The van der Waals surface area contributed by atoms with Gasteiger partial charge >= 0.3 is 0 Å². The monoisotopic (exact) mass is 225 g/mol. The molecule has 3 nitrogen and oxygen atoms in total. The summed E-state index contributed by atoms with van der Waals surface area (Å²) in [6.45, 7) is 9.45. The van der Waals surface area contributed by atoms with E-state index in [9.17, 15) is 0 Å². The fraction of sp³-hybridized carbons (Fsp3) is 0.923. The SMILES string of the molecule is CCC1(CN=C(N)NC(C)(C)C)CCCC1. The first-order valence-electron chi connectivity index (χ1n) is 6.45. The van der Waals surface area contributed by atoms with Gasteiger partial charge in [0.05, 0.1) is 0 Å². The molecular formula is C13H27N3. The number of rotatable bonds is 3. The average Bonchev–Trinajstić information content (AvgIpc) is 2.61. The van der Waals surface area contributed by atoms with Gasteiger partial charge in [0.25, 0.3) is 0 Å². The summed E-state index contributed by atoms with van der Waals surface area (Å²) >= 11 is 0. The zero-order chi connectivity index (χ0) is 12.2. The van der Waals surface area contributed by atoms with Crippen LogP contribution in [0, 0.1) is 5.41 Å². The van der Waals surface area contributed by atoms with E-state index in [0.717, 1.165) is 6.54 Å². The molecular weight excluding hydrogens is 198 g/mol. The maximum atomic E-state index is 5.89. The van der Waals surface area contributed by atoms with Gasteiger partial charge in [-0.3, -0.25) is 4.99 Å². The van der Waals surface area contributed by atoms with Crippen molar-refractivity contribution in [1.29, 1.82) is 0 Å². The lowest BCUT2D eigenvalue weighted by molar-refractivity contribution is 0.297. The van der Waals surface area contributed by atoms with Crippen molar-refractivity contribution < 1.29 is 0 Å². The Kier molecular flexibility index (Phi) is 4.22. The van der Waals surface area contributed by atoms with Crippen molar-refractivity contribution in [3.05, 3.63) is 0 Å². The van der Waals surface area contributed by atoms with Crippen LogP contribution in [-0.2, 0) is 0 Å². The second kappa shape index (κ2) is 5.07. The Hall–Kier alpha value is -0.730. The molecule has 0 unspecified atom stereocenters. The molecule has 0 radical (unpaired) electrons. The predicted molar refractivity (Wildman–Crippen MR) is 70.6 cm³/mol. The molecule has 0 aromatic rings. The standard InChI is InChI=1S/C13H27N3/c1-5-13(8-6-7-9-13)10-15-11(14)16-12(2,3)4/h5-10H2,1-4H3,(H3,14,15,16). The van der Waals surface area contributed by atoms with E-state index in [1.165, 1.54) is 32.1 Å². The predicted octanol–water partition coefficient (Wildman–Crippen LogP) is 2.66. The molecule has 94 valence electrons. The molecule has 0 bridgehead atoms. The van der Waals surface area contributed by atoms with Gasteiger partial charge in [0.1, 0.15) is 0 Å². The maximum Gasteiger partial charge on any atom is 0.189 e. The zero-order valence-corrected chi connectivity index (χ0v) is 11.3. The van der Waals surface area contributed by atoms with Gasteiger partial charge in [0, 0.05) is 12.1 Å². The van der Waals surface area contributed by atoms with Crippen molar-refractivity contribution in [2.75, 3.05) is 6.54 Å². The van der Waals surface area contributed by atoms with E-state index in [0.29, 0.717) is 11.4 Å². The van der Waals surface area contributed by atoms with Crippen molar-refractivity contribution in [3.8, 4) is 0 Å². The minimum absolute atomic E-state index is 0.00262. The number of hydrogen-bond acceptors (Lipinski definition) is 1. The number of hydrogen-bond donors (Lipinski definition) is 2. The third kappa shape index (κ3) is 4.03. The molecule has 0 aromatic heterocycles. The number of nitrogens with two attached hydrogens (primary N) is 1. The van der Waals surface area contributed by atoms with Crippen LogP contribution in [-0.4, -0.2) is 18.0 Å². The third-order valence-corrected chi connectivity index (χ3v) is 3.50. The average molecular weight is 225 g/mol. The van der Waals surface area contributed by atoms with Crippen LogP contribution in [0.2, 0.25) is 0 Å². The molecule has 1 fully saturated rings. The summed E-state index contributed by atoms with van der Waals surface area (Å²) in [5, 5.41) is 3.21. The van der Waals surface area contributed by atoms with Crippen LogP contribution in [0.15, 0.2) is 4.99 Å². The largest absolute Gasteiger partial charge is 0.370 e. The summed E-state index contributed by atoms with van der Waals surface area (Å²) in [6, 6.07) is 0. The van der Waals surface area contributed by atoms with E-state index in [4.69, 9.17) is 5.73 Å². The summed E-state index contributed by atoms with van der Waals surface area (Å²) in [6.07, 6.45) is 6.57. The smallest absolute Gasteiger partial charge is 0.189 e. The van der Waals surface area contributed by atoms with Crippen LogP contribution in [0.25, 0.3) is 0 Å². The second-order valence-electron chi connectivity index (χ2n) is 6.14. The molecule has 0 amide bonds. The van der Waals surface area contributed by atoms with Crippen molar-refractivity contribution in [1.82, 2.24) is 5.32 Å². The Balaban J connectivity index is 2.50.